The molecule has 3 atom stereocenters. The van der Waals surface area contributed by atoms with Gasteiger partial charge in [0, 0.05) is 31.1 Å². The molecule has 2 saturated heterocycles. The van der Waals surface area contributed by atoms with Gasteiger partial charge in [-0.2, -0.15) is 0 Å². The Bertz CT molecular complexity index is 441. The summed E-state index contributed by atoms with van der Waals surface area (Å²) < 4.78 is 6.17. The molecule has 0 saturated carbocycles. The van der Waals surface area contributed by atoms with Gasteiger partial charge in [0.2, 0.25) is 0 Å². The van der Waals surface area contributed by atoms with E-state index in [9.17, 15) is 0 Å². The summed E-state index contributed by atoms with van der Waals surface area (Å²) in [5.74, 6) is 1.03. The summed E-state index contributed by atoms with van der Waals surface area (Å²) in [4.78, 5) is 7.06. The summed E-state index contributed by atoms with van der Waals surface area (Å²) in [6, 6.07) is 4.04. The molecule has 3 aliphatic heterocycles. The fourth-order valence-corrected chi connectivity index (χ4v) is 3.64. The Kier molecular flexibility index (Phi) is 3.77. The van der Waals surface area contributed by atoms with Crippen LogP contribution < -0.4 is 4.74 Å². The van der Waals surface area contributed by atoms with E-state index in [1.54, 1.807) is 0 Å². The quantitative estimate of drug-likeness (QED) is 0.733. The number of aromatic nitrogens is 1. The topological polar surface area (TPSA) is 25.4 Å². The van der Waals surface area contributed by atoms with E-state index in [-0.39, 0.29) is 24.8 Å². The summed E-state index contributed by atoms with van der Waals surface area (Å²) in [6.45, 7) is 3.68. The lowest BCUT2D eigenvalue weighted by molar-refractivity contribution is -0.00192. The van der Waals surface area contributed by atoms with Crippen molar-refractivity contribution in [2.24, 2.45) is 5.41 Å². The van der Waals surface area contributed by atoms with Gasteiger partial charge in [-0.15, -0.1) is 24.8 Å². The highest BCUT2D eigenvalue weighted by Crippen LogP contribution is 2.47. The molecule has 1 aromatic rings. The molecule has 4 rings (SSSR count). The van der Waals surface area contributed by atoms with E-state index >= 15 is 0 Å². The van der Waals surface area contributed by atoms with Gasteiger partial charge in [-0.05, 0) is 31.5 Å². The Hall–Kier alpha value is -0.510. The summed E-state index contributed by atoms with van der Waals surface area (Å²) in [6.07, 6.45) is 5.91. The first-order chi connectivity index (χ1) is 7.86. The third kappa shape index (κ3) is 1.89. The first-order valence-corrected chi connectivity index (χ1v) is 6.19. The highest BCUT2D eigenvalue weighted by Gasteiger charge is 2.51. The fraction of sp³-hybridized carbons (Fsp3) is 0.615. The van der Waals surface area contributed by atoms with Gasteiger partial charge in [-0.3, -0.25) is 4.98 Å². The van der Waals surface area contributed by atoms with Gasteiger partial charge in [0.05, 0.1) is 5.69 Å². The summed E-state index contributed by atoms with van der Waals surface area (Å²) in [5.41, 5.74) is 1.54. The molecule has 1 aromatic heterocycles. The normalized spacial score (nSPS) is 35.3. The predicted molar refractivity (Wildman–Crippen MR) is 75.0 cm³/mol. The zero-order chi connectivity index (χ0) is 10.6. The second-order valence-electron chi connectivity index (χ2n) is 5.41. The molecule has 5 heteroatoms. The maximum Gasteiger partial charge on any atom is 0.141 e. The van der Waals surface area contributed by atoms with Crippen molar-refractivity contribution in [2.45, 2.75) is 25.4 Å². The molecule has 100 valence electrons. The first kappa shape index (κ1) is 13.9. The number of hydrogen-bond donors (Lipinski definition) is 0. The van der Waals surface area contributed by atoms with E-state index in [1.807, 2.05) is 12.3 Å². The van der Waals surface area contributed by atoms with Crippen LogP contribution in [0.4, 0.5) is 0 Å². The Morgan fingerprint density at radius 3 is 3.11 bits per heavy atom. The molecule has 4 heterocycles. The van der Waals surface area contributed by atoms with Crippen LogP contribution in [0, 0.1) is 5.41 Å². The van der Waals surface area contributed by atoms with Gasteiger partial charge < -0.3 is 9.64 Å². The minimum absolute atomic E-state index is 0. The number of nitrogens with zero attached hydrogens (tertiary/aromatic N) is 2. The highest BCUT2D eigenvalue weighted by molar-refractivity contribution is 5.85. The molecule has 0 radical (unpaired) electrons. The van der Waals surface area contributed by atoms with E-state index in [1.165, 1.54) is 38.2 Å². The Morgan fingerprint density at radius 2 is 2.22 bits per heavy atom. The molecule has 0 amide bonds. The van der Waals surface area contributed by atoms with Crippen molar-refractivity contribution >= 4 is 24.8 Å². The number of ether oxygens (including phenoxy) is 1. The van der Waals surface area contributed by atoms with Crippen molar-refractivity contribution in [3.8, 4) is 5.75 Å². The van der Waals surface area contributed by atoms with Gasteiger partial charge >= 0.3 is 0 Å². The van der Waals surface area contributed by atoms with Crippen LogP contribution in [-0.2, 0) is 6.42 Å². The van der Waals surface area contributed by atoms with Crippen molar-refractivity contribution in [1.82, 2.24) is 9.88 Å². The van der Waals surface area contributed by atoms with Crippen LogP contribution in [0.25, 0.3) is 0 Å². The summed E-state index contributed by atoms with van der Waals surface area (Å²) in [5, 5.41) is 0. The number of rotatable bonds is 0. The fourth-order valence-electron chi connectivity index (χ4n) is 3.64. The number of halogens is 2. The molecule has 2 fully saturated rings. The number of hydrogen-bond acceptors (Lipinski definition) is 3. The third-order valence-corrected chi connectivity index (χ3v) is 4.49. The molecule has 0 N–H and O–H groups in total. The lowest BCUT2D eigenvalue weighted by Crippen LogP contribution is -2.50. The van der Waals surface area contributed by atoms with Gasteiger partial charge in [-0.25, -0.2) is 0 Å². The summed E-state index contributed by atoms with van der Waals surface area (Å²) >= 11 is 0. The minimum atomic E-state index is 0. The van der Waals surface area contributed by atoms with Crippen LogP contribution in [0.5, 0.6) is 5.75 Å². The molecular formula is C13H18Cl2N2O. The predicted octanol–water partition coefficient (Wildman–Crippen LogP) is 2.32. The van der Waals surface area contributed by atoms with Gasteiger partial charge in [-0.1, -0.05) is 0 Å². The lowest BCUT2D eigenvalue weighted by atomic mass is 9.73. The number of fused-ring (bicyclic) bond motifs is 2. The lowest BCUT2D eigenvalue weighted by Gasteiger charge is -2.44. The minimum Gasteiger partial charge on any atom is -0.488 e. The number of piperidine rings is 1. The van der Waals surface area contributed by atoms with Gasteiger partial charge in [0.1, 0.15) is 11.9 Å². The first-order valence-electron chi connectivity index (χ1n) is 6.19. The second kappa shape index (κ2) is 4.87. The monoisotopic (exact) mass is 288 g/mol. The average molecular weight is 289 g/mol. The molecule has 3 aliphatic rings. The SMILES string of the molecule is Cl.Cl.c1cnc2c(c1)OC1CCN3CCC1(C2)C3. The van der Waals surface area contributed by atoms with E-state index < -0.39 is 0 Å². The van der Waals surface area contributed by atoms with Crippen molar-refractivity contribution < 1.29 is 4.74 Å². The molecule has 3 unspecified atom stereocenters. The Balaban J connectivity index is 0.000000602. The molecule has 1 spiro atoms. The van der Waals surface area contributed by atoms with Crippen molar-refractivity contribution in [3.05, 3.63) is 24.0 Å². The van der Waals surface area contributed by atoms with Gasteiger partial charge in [0.25, 0.3) is 0 Å². The summed E-state index contributed by atoms with van der Waals surface area (Å²) in [7, 11) is 0. The van der Waals surface area contributed by atoms with Crippen LogP contribution in [-0.4, -0.2) is 35.6 Å². The maximum absolute atomic E-state index is 6.17. The van der Waals surface area contributed by atoms with Crippen LogP contribution in [0.15, 0.2) is 18.3 Å². The number of pyridine rings is 1. The average Bonchev–Trinajstić information content (AvgIpc) is 2.64. The molecular weight excluding hydrogens is 271 g/mol. The smallest absolute Gasteiger partial charge is 0.141 e. The zero-order valence-electron chi connectivity index (χ0n) is 10.2. The van der Waals surface area contributed by atoms with Crippen LogP contribution in [0.1, 0.15) is 18.5 Å². The molecule has 18 heavy (non-hydrogen) atoms. The molecule has 3 nitrogen and oxygen atoms in total. The van der Waals surface area contributed by atoms with E-state index in [0.717, 1.165) is 12.2 Å². The van der Waals surface area contributed by atoms with Crippen LogP contribution in [0.3, 0.4) is 0 Å². The Labute approximate surface area is 120 Å². The largest absolute Gasteiger partial charge is 0.488 e. The van der Waals surface area contributed by atoms with Crippen LogP contribution >= 0.6 is 24.8 Å². The van der Waals surface area contributed by atoms with Crippen LogP contribution in [0.2, 0.25) is 0 Å². The van der Waals surface area contributed by atoms with Crippen molar-refractivity contribution in [1.29, 1.82) is 0 Å². The molecule has 2 bridgehead atoms. The Morgan fingerprint density at radius 1 is 1.33 bits per heavy atom. The molecule has 0 aliphatic carbocycles. The van der Waals surface area contributed by atoms with Crippen molar-refractivity contribution in [2.75, 3.05) is 19.6 Å². The van der Waals surface area contributed by atoms with E-state index in [0.29, 0.717) is 11.5 Å². The maximum atomic E-state index is 6.17. The van der Waals surface area contributed by atoms with E-state index in [2.05, 4.69) is 16.0 Å². The van der Waals surface area contributed by atoms with Crippen molar-refractivity contribution in [3.63, 3.8) is 0 Å². The molecule has 0 aromatic carbocycles. The zero-order valence-corrected chi connectivity index (χ0v) is 11.8. The second-order valence-corrected chi connectivity index (χ2v) is 5.41. The standard InChI is InChI=1S/C13H16N2O.2ClH/c1-2-11-10(14-5-1)8-13-4-7-15(9-13)6-3-12(13)16-11;;/h1-2,5,12H,3-4,6-9H2;2*1H. The third-order valence-electron chi connectivity index (χ3n) is 4.49. The van der Waals surface area contributed by atoms with Gasteiger partial charge in [0.15, 0.2) is 0 Å². The van der Waals surface area contributed by atoms with E-state index in [4.69, 9.17) is 4.74 Å². The highest BCUT2D eigenvalue weighted by atomic mass is 35.5.